The Bertz CT molecular complexity index is 498. The maximum atomic E-state index is 12.4. The Balaban J connectivity index is 1.80. The predicted octanol–water partition coefficient (Wildman–Crippen LogP) is 1.97. The van der Waals surface area contributed by atoms with E-state index < -0.39 is 18.6 Å². The zero-order valence-electron chi connectivity index (χ0n) is 16.3. The van der Waals surface area contributed by atoms with Gasteiger partial charge in [0.15, 0.2) is 5.96 Å². The van der Waals surface area contributed by atoms with Crippen molar-refractivity contribution in [2.75, 3.05) is 39.8 Å². The van der Waals surface area contributed by atoms with E-state index in [1.165, 1.54) is 25.7 Å². The molecule has 9 heteroatoms. The lowest BCUT2D eigenvalue weighted by molar-refractivity contribution is -0.157. The van der Waals surface area contributed by atoms with E-state index in [4.69, 9.17) is 0 Å². The van der Waals surface area contributed by atoms with Gasteiger partial charge in [-0.2, -0.15) is 13.2 Å². The Kier molecular flexibility index (Phi) is 8.19. The second-order valence-electron chi connectivity index (χ2n) is 7.45. The van der Waals surface area contributed by atoms with E-state index in [1.807, 2.05) is 6.92 Å². The van der Waals surface area contributed by atoms with Gasteiger partial charge in [0.2, 0.25) is 5.91 Å². The molecule has 1 aliphatic carbocycles. The Morgan fingerprint density at radius 3 is 2.37 bits per heavy atom. The molecule has 0 aromatic rings. The normalized spacial score (nSPS) is 20.7. The Hall–Kier alpha value is -1.51. The summed E-state index contributed by atoms with van der Waals surface area (Å²) in [6.45, 7) is 3.08. The van der Waals surface area contributed by atoms with Gasteiger partial charge < -0.3 is 20.4 Å². The van der Waals surface area contributed by atoms with Crippen molar-refractivity contribution in [3.8, 4) is 0 Å². The summed E-state index contributed by atoms with van der Waals surface area (Å²) in [6, 6.07) is 0.998. The summed E-state index contributed by atoms with van der Waals surface area (Å²) in [7, 11) is 1.14. The third kappa shape index (κ3) is 7.56. The first-order valence-electron chi connectivity index (χ1n) is 9.88. The van der Waals surface area contributed by atoms with Crippen LogP contribution in [0.3, 0.4) is 0 Å². The number of hydrogen-bond donors (Lipinski definition) is 2. The third-order valence-corrected chi connectivity index (χ3v) is 5.27. The number of nitrogens with zero attached hydrogens (tertiary/aromatic N) is 3. The van der Waals surface area contributed by atoms with Gasteiger partial charge in [0.25, 0.3) is 0 Å². The number of piperidine rings is 1. The van der Waals surface area contributed by atoms with Crippen LogP contribution in [-0.2, 0) is 4.79 Å². The van der Waals surface area contributed by atoms with Gasteiger partial charge in [-0.05, 0) is 32.6 Å². The highest BCUT2D eigenvalue weighted by Gasteiger charge is 2.31. The van der Waals surface area contributed by atoms with Gasteiger partial charge >= 0.3 is 6.18 Å². The fraction of sp³-hybridized carbons (Fsp3) is 0.889. The summed E-state index contributed by atoms with van der Waals surface area (Å²) in [5, 5.41) is 6.40. The minimum Gasteiger partial charge on any atom is -0.357 e. The van der Waals surface area contributed by atoms with Crippen molar-refractivity contribution in [3.05, 3.63) is 0 Å². The molecule has 2 N–H and O–H groups in total. The highest BCUT2D eigenvalue weighted by Crippen LogP contribution is 2.26. The second kappa shape index (κ2) is 10.1. The Morgan fingerprint density at radius 1 is 1.19 bits per heavy atom. The summed E-state index contributed by atoms with van der Waals surface area (Å²) in [5.41, 5.74) is 0. The van der Waals surface area contributed by atoms with Gasteiger partial charge in [0.1, 0.15) is 13.1 Å². The molecule has 1 saturated carbocycles. The summed E-state index contributed by atoms with van der Waals surface area (Å²) >= 11 is 0. The quantitative estimate of drug-likeness (QED) is 0.537. The number of rotatable bonds is 6. The largest absolute Gasteiger partial charge is 0.406 e. The zero-order valence-corrected chi connectivity index (χ0v) is 16.3. The average Bonchev–Trinajstić information content (AvgIpc) is 3.13. The molecule has 0 spiro atoms. The number of carbonyl (C=O) groups excluding carboxylic acids is 1. The van der Waals surface area contributed by atoms with Crippen LogP contribution in [0.5, 0.6) is 0 Å². The molecule has 0 unspecified atom stereocenters. The number of aliphatic imine (C=N–C) groups is 1. The van der Waals surface area contributed by atoms with Gasteiger partial charge in [0, 0.05) is 38.8 Å². The molecule has 2 rings (SSSR count). The summed E-state index contributed by atoms with van der Waals surface area (Å²) in [5.74, 6) is -0.161. The van der Waals surface area contributed by atoms with Gasteiger partial charge in [-0.25, -0.2) is 4.99 Å². The molecule has 0 bridgehead atoms. The number of hydrogen-bond acceptors (Lipinski definition) is 3. The highest BCUT2D eigenvalue weighted by molar-refractivity contribution is 5.85. The molecule has 27 heavy (non-hydrogen) atoms. The van der Waals surface area contributed by atoms with E-state index in [0.29, 0.717) is 17.4 Å². The van der Waals surface area contributed by atoms with Gasteiger partial charge in [-0.3, -0.25) is 4.79 Å². The second-order valence-corrected chi connectivity index (χ2v) is 7.45. The monoisotopic (exact) mass is 391 g/mol. The van der Waals surface area contributed by atoms with Crippen LogP contribution in [0.4, 0.5) is 13.2 Å². The fourth-order valence-corrected chi connectivity index (χ4v) is 3.82. The van der Waals surface area contributed by atoms with Crippen LogP contribution in [0, 0.1) is 0 Å². The maximum Gasteiger partial charge on any atom is 0.406 e. The number of guanidine groups is 1. The average molecular weight is 391 g/mol. The Morgan fingerprint density at radius 2 is 1.81 bits per heavy atom. The number of amides is 1. The molecule has 1 amide bonds. The maximum absolute atomic E-state index is 12.4. The summed E-state index contributed by atoms with van der Waals surface area (Å²) in [4.78, 5) is 19.3. The molecule has 1 aliphatic heterocycles. The third-order valence-electron chi connectivity index (χ3n) is 5.27. The van der Waals surface area contributed by atoms with Crippen molar-refractivity contribution in [3.63, 3.8) is 0 Å². The van der Waals surface area contributed by atoms with Crippen molar-refractivity contribution in [2.24, 2.45) is 4.99 Å². The molecular formula is C18H32F3N5O. The molecule has 0 aromatic heterocycles. The van der Waals surface area contributed by atoms with Crippen molar-refractivity contribution in [1.82, 2.24) is 20.4 Å². The molecule has 6 nitrogen and oxygen atoms in total. The number of halogens is 3. The van der Waals surface area contributed by atoms with Crippen LogP contribution in [0.15, 0.2) is 4.99 Å². The van der Waals surface area contributed by atoms with E-state index in [0.717, 1.165) is 39.0 Å². The first kappa shape index (κ1) is 21.8. The van der Waals surface area contributed by atoms with Gasteiger partial charge in [0.05, 0.1) is 0 Å². The number of likely N-dealkylation sites (N-methyl/N-ethyl adjacent to an activating group) is 1. The van der Waals surface area contributed by atoms with Crippen LogP contribution in [-0.4, -0.2) is 79.7 Å². The molecule has 2 fully saturated rings. The molecule has 1 saturated heterocycles. The Labute approximate surface area is 159 Å². The summed E-state index contributed by atoms with van der Waals surface area (Å²) < 4.78 is 37.1. The van der Waals surface area contributed by atoms with E-state index in [1.54, 1.807) is 0 Å². The number of carbonyl (C=O) groups is 1. The molecule has 1 heterocycles. The molecule has 2 aliphatic rings. The van der Waals surface area contributed by atoms with Crippen LogP contribution in [0.25, 0.3) is 0 Å². The molecule has 156 valence electrons. The lowest BCUT2D eigenvalue weighted by Gasteiger charge is -2.36. The topological polar surface area (TPSA) is 60.0 Å². The first-order chi connectivity index (χ1) is 12.8. The van der Waals surface area contributed by atoms with Crippen LogP contribution >= 0.6 is 0 Å². The number of nitrogens with one attached hydrogen (secondary N) is 2. The number of alkyl halides is 3. The van der Waals surface area contributed by atoms with Crippen molar-refractivity contribution >= 4 is 11.9 Å². The SMILES string of the molecule is CCNC(=NCC(=O)N(C)CC(F)(F)F)NC1CCN(C2CCCC2)CC1. The van der Waals surface area contributed by atoms with Crippen molar-refractivity contribution in [1.29, 1.82) is 0 Å². The van der Waals surface area contributed by atoms with Crippen molar-refractivity contribution in [2.45, 2.75) is 63.7 Å². The minimum absolute atomic E-state index is 0.267. The molecular weight excluding hydrogens is 359 g/mol. The lowest BCUT2D eigenvalue weighted by atomic mass is 10.0. The standard InChI is InChI=1S/C18H32F3N5O/c1-3-22-17(23-12-16(27)25(2)13-18(19,20)21)24-14-8-10-26(11-9-14)15-6-4-5-7-15/h14-15H,3-13H2,1-2H3,(H2,22,23,24). The molecule has 0 aromatic carbocycles. The lowest BCUT2D eigenvalue weighted by Crippen LogP contribution is -2.50. The van der Waals surface area contributed by atoms with E-state index in [2.05, 4.69) is 20.5 Å². The minimum atomic E-state index is -4.40. The fourth-order valence-electron chi connectivity index (χ4n) is 3.82. The van der Waals surface area contributed by atoms with E-state index >= 15 is 0 Å². The first-order valence-corrected chi connectivity index (χ1v) is 9.88. The van der Waals surface area contributed by atoms with Crippen molar-refractivity contribution < 1.29 is 18.0 Å². The van der Waals surface area contributed by atoms with Gasteiger partial charge in [-0.1, -0.05) is 12.8 Å². The molecule has 0 atom stereocenters. The van der Waals surface area contributed by atoms with Crippen LogP contribution in [0.1, 0.15) is 45.4 Å². The van der Waals surface area contributed by atoms with E-state index in [9.17, 15) is 18.0 Å². The highest BCUT2D eigenvalue weighted by atomic mass is 19.4. The van der Waals surface area contributed by atoms with E-state index in [-0.39, 0.29) is 12.6 Å². The zero-order chi connectivity index (χ0) is 19.9. The number of likely N-dealkylation sites (tertiary alicyclic amines) is 1. The van der Waals surface area contributed by atoms with Gasteiger partial charge in [-0.15, -0.1) is 0 Å². The smallest absolute Gasteiger partial charge is 0.357 e. The van der Waals surface area contributed by atoms with Crippen LogP contribution < -0.4 is 10.6 Å². The molecule has 0 radical (unpaired) electrons. The summed E-state index contributed by atoms with van der Waals surface area (Å²) in [6.07, 6.45) is 2.87. The predicted molar refractivity (Wildman–Crippen MR) is 99.7 cm³/mol. The van der Waals surface area contributed by atoms with Crippen LogP contribution in [0.2, 0.25) is 0 Å².